The number of hydrogen-bond donors (Lipinski definition) is 5. The van der Waals surface area contributed by atoms with Crippen LogP contribution in [0.25, 0.3) is 0 Å². The Morgan fingerprint density at radius 1 is 1.33 bits per heavy atom. The van der Waals surface area contributed by atoms with Gasteiger partial charge in [-0.2, -0.15) is 0 Å². The summed E-state index contributed by atoms with van der Waals surface area (Å²) >= 11 is -5.00. The summed E-state index contributed by atoms with van der Waals surface area (Å²) in [7, 11) is 0. The van der Waals surface area contributed by atoms with Crippen molar-refractivity contribution in [1.29, 1.82) is 0 Å². The second-order valence-corrected chi connectivity index (χ2v) is 3.00. The molecule has 0 bridgehead atoms. The fourth-order valence-electron chi connectivity index (χ4n) is 0. The van der Waals surface area contributed by atoms with Crippen molar-refractivity contribution >= 4 is 0 Å². The normalized spacial score (nSPS) is 9.44. The molecule has 0 amide bonds. The molecule has 6 N–H and O–H groups in total. The van der Waals surface area contributed by atoms with Crippen LogP contribution in [-0.4, -0.2) is 21.3 Å². The molecule has 0 atom stereocenters. The predicted molar refractivity (Wildman–Crippen MR) is 28.1 cm³/mol. The van der Waals surface area contributed by atoms with Gasteiger partial charge in [-0.05, 0) is 0 Å². The molecule has 0 spiro atoms. The first-order valence-corrected chi connectivity index (χ1v) is 4.91. The van der Waals surface area contributed by atoms with Gasteiger partial charge in [-0.3, -0.25) is 0 Å². The van der Waals surface area contributed by atoms with Crippen LogP contribution in [0.3, 0.4) is 0 Å². The zero-order valence-corrected chi connectivity index (χ0v) is 6.42. The maximum absolute atomic E-state index is 7.38. The molecule has 6 heteroatoms. The van der Waals surface area contributed by atoms with E-state index in [4.69, 9.17) is 20.5 Å². The Morgan fingerprint density at radius 2 is 1.44 bits per heavy atom. The van der Waals surface area contributed by atoms with Crippen LogP contribution in [0.4, 0.5) is 0 Å². The van der Waals surface area contributed by atoms with Gasteiger partial charge in [0.1, 0.15) is 0 Å². The quantitative estimate of drug-likeness (QED) is 0.230. The maximum atomic E-state index is 7.38. The number of rotatable bonds is 1. The Morgan fingerprint density at radius 3 is 1.44 bits per heavy atom. The Bertz CT molecular complexity index is 64.7. The summed E-state index contributed by atoms with van der Waals surface area (Å²) < 4.78 is 29.5. The summed E-state index contributed by atoms with van der Waals surface area (Å²) in [5, 5.41) is 0. The van der Waals surface area contributed by atoms with Crippen molar-refractivity contribution in [1.82, 2.24) is 0 Å². The minimum atomic E-state index is -5.00. The average Bonchev–Trinajstić information content (AvgIpc) is 1.61. The van der Waals surface area contributed by atoms with Crippen molar-refractivity contribution in [3.63, 3.8) is 0 Å². The van der Waals surface area contributed by atoms with Gasteiger partial charge in [0.15, 0.2) is 0 Å². The van der Waals surface area contributed by atoms with E-state index in [0.29, 0.717) is 6.54 Å². The van der Waals surface area contributed by atoms with E-state index >= 15 is 0 Å². The second kappa shape index (κ2) is 6.38. The molecule has 0 saturated carbocycles. The zero-order valence-electron chi connectivity index (χ0n) is 4.86. The van der Waals surface area contributed by atoms with Gasteiger partial charge in [-0.25, -0.2) is 0 Å². The Balaban J connectivity index is 0. The monoisotopic (exact) mass is 173 g/mol. The minimum absolute atomic E-state index is 0.583. The van der Waals surface area contributed by atoms with Crippen molar-refractivity contribution < 1.29 is 32.9 Å². The first kappa shape index (κ1) is 12.0. The van der Waals surface area contributed by atoms with Gasteiger partial charge in [-0.1, -0.05) is 6.08 Å². The zero-order chi connectivity index (χ0) is 7.91. The molecule has 0 fully saturated rings. The van der Waals surface area contributed by atoms with Crippen molar-refractivity contribution in [2.75, 3.05) is 6.54 Å². The fourth-order valence-corrected chi connectivity index (χ4v) is 0. The summed E-state index contributed by atoms with van der Waals surface area (Å²) in [5.74, 6) is 0. The van der Waals surface area contributed by atoms with Crippen molar-refractivity contribution in [3.05, 3.63) is 12.7 Å². The third-order valence-electron chi connectivity index (χ3n) is 0.167. The van der Waals surface area contributed by atoms with Crippen LogP contribution >= 0.6 is 0 Å². The molecule has 0 aliphatic heterocycles. The van der Waals surface area contributed by atoms with Gasteiger partial charge in [-0.15, -0.1) is 6.58 Å². The van der Waals surface area contributed by atoms with Crippen LogP contribution < -0.4 is 5.73 Å². The van der Waals surface area contributed by atoms with E-state index in [-0.39, 0.29) is 0 Å². The molecule has 0 radical (unpaired) electrons. The summed E-state index contributed by atoms with van der Waals surface area (Å²) in [4.78, 5) is 0. The molecule has 0 aliphatic carbocycles. The first-order chi connectivity index (χ1) is 3.91. The van der Waals surface area contributed by atoms with Gasteiger partial charge in [0.05, 0.1) is 0 Å². The van der Waals surface area contributed by atoms with Crippen LogP contribution in [0.2, 0.25) is 0 Å². The molecule has 0 aromatic rings. The molecular formula is C3H11NO4Ti. The van der Waals surface area contributed by atoms with Gasteiger partial charge < -0.3 is 5.73 Å². The Kier molecular flexibility index (Phi) is 8.49. The standard InChI is InChI=1S/C3H7N.4H2O.Ti/c1-2-3-4;;;;;/h2H,1,3-4H2;4*1H2;/q;;;;;+4/p-4. The predicted octanol–water partition coefficient (Wildman–Crippen LogP) is -2.10. The molecular weight excluding hydrogens is 162 g/mol. The van der Waals surface area contributed by atoms with Gasteiger partial charge >= 0.3 is 32.9 Å². The van der Waals surface area contributed by atoms with E-state index in [1.54, 1.807) is 6.08 Å². The van der Waals surface area contributed by atoms with Crippen molar-refractivity contribution in [2.24, 2.45) is 5.73 Å². The molecule has 0 aromatic carbocycles. The van der Waals surface area contributed by atoms with Crippen LogP contribution in [0.1, 0.15) is 0 Å². The summed E-state index contributed by atoms with van der Waals surface area (Å²) in [6.07, 6.45) is 1.65. The van der Waals surface area contributed by atoms with Gasteiger partial charge in [0.2, 0.25) is 0 Å². The van der Waals surface area contributed by atoms with E-state index in [1.165, 1.54) is 0 Å². The third kappa shape index (κ3) is 205. The van der Waals surface area contributed by atoms with Gasteiger partial charge in [0.25, 0.3) is 0 Å². The van der Waals surface area contributed by atoms with E-state index in [1.807, 2.05) is 0 Å². The molecule has 5 nitrogen and oxygen atoms in total. The third-order valence-corrected chi connectivity index (χ3v) is 0.167. The topological polar surface area (TPSA) is 107 Å². The molecule has 0 aromatic heterocycles. The summed E-state index contributed by atoms with van der Waals surface area (Å²) in [5.41, 5.74) is 4.91. The van der Waals surface area contributed by atoms with Crippen molar-refractivity contribution in [3.8, 4) is 0 Å². The molecule has 56 valence electrons. The second-order valence-electron chi connectivity index (χ2n) is 1.12. The summed E-state index contributed by atoms with van der Waals surface area (Å²) in [6.45, 7) is 3.94. The molecule has 0 unspecified atom stereocenters. The van der Waals surface area contributed by atoms with E-state index in [2.05, 4.69) is 6.58 Å². The SMILES string of the molecule is C=CCN.[OH][Ti]([OH])([OH])[OH]. The molecule has 0 saturated heterocycles. The molecule has 0 heterocycles. The van der Waals surface area contributed by atoms with Crippen LogP contribution in [0.5, 0.6) is 0 Å². The van der Waals surface area contributed by atoms with E-state index in [0.717, 1.165) is 0 Å². The molecule has 9 heavy (non-hydrogen) atoms. The number of hydrogen-bond acceptors (Lipinski definition) is 5. The summed E-state index contributed by atoms with van der Waals surface area (Å²) in [6, 6.07) is 0. The number of nitrogens with two attached hydrogens (primary N) is 1. The van der Waals surface area contributed by atoms with Crippen LogP contribution in [0, 0.1) is 0 Å². The fraction of sp³-hybridized carbons (Fsp3) is 0.333. The van der Waals surface area contributed by atoms with Crippen LogP contribution in [-0.2, 0) is 18.1 Å². The molecule has 0 rings (SSSR count). The Hall–Kier alpha value is 0.254. The first-order valence-electron chi connectivity index (χ1n) is 2.12. The van der Waals surface area contributed by atoms with Crippen LogP contribution in [0.15, 0.2) is 12.7 Å². The van der Waals surface area contributed by atoms with Crippen molar-refractivity contribution in [2.45, 2.75) is 0 Å². The van der Waals surface area contributed by atoms with E-state index < -0.39 is 18.1 Å². The average molecular weight is 173 g/mol. The van der Waals surface area contributed by atoms with E-state index in [9.17, 15) is 0 Å². The molecule has 0 aliphatic rings. The van der Waals surface area contributed by atoms with Gasteiger partial charge in [0, 0.05) is 6.54 Å². The Labute approximate surface area is 58.3 Å².